The van der Waals surface area contributed by atoms with Crippen molar-refractivity contribution in [2.45, 2.75) is 57.0 Å². The van der Waals surface area contributed by atoms with Crippen LogP contribution in [0.15, 0.2) is 18.6 Å². The minimum Gasteiger partial charge on any atom is -0.342 e. The molecule has 1 amide bonds. The van der Waals surface area contributed by atoms with Crippen molar-refractivity contribution in [2.24, 2.45) is 5.92 Å². The van der Waals surface area contributed by atoms with E-state index in [1.807, 2.05) is 0 Å². The zero-order chi connectivity index (χ0) is 15.6. The molecule has 3 fully saturated rings. The van der Waals surface area contributed by atoms with Crippen molar-refractivity contribution in [3.8, 4) is 0 Å². The third kappa shape index (κ3) is 3.39. The van der Waals surface area contributed by atoms with E-state index < -0.39 is 0 Å². The summed E-state index contributed by atoms with van der Waals surface area (Å²) in [4.78, 5) is 25.7. The fourth-order valence-electron chi connectivity index (χ4n) is 4.38. The summed E-state index contributed by atoms with van der Waals surface area (Å²) in [5, 5.41) is 0. The van der Waals surface area contributed by atoms with E-state index in [1.165, 1.54) is 32.2 Å². The molecule has 124 valence electrons. The first kappa shape index (κ1) is 15.1. The monoisotopic (exact) mass is 314 g/mol. The average Bonchev–Trinajstić information content (AvgIpc) is 3.44. The smallest absolute Gasteiger partial charge is 0.222 e. The van der Waals surface area contributed by atoms with Gasteiger partial charge in [0.1, 0.15) is 0 Å². The lowest BCUT2D eigenvalue weighted by Crippen LogP contribution is -2.55. The quantitative estimate of drug-likeness (QED) is 0.851. The summed E-state index contributed by atoms with van der Waals surface area (Å²) < 4.78 is 0. The number of amides is 1. The zero-order valence-corrected chi connectivity index (χ0v) is 13.7. The van der Waals surface area contributed by atoms with Crippen molar-refractivity contribution < 1.29 is 4.79 Å². The van der Waals surface area contributed by atoms with Crippen molar-refractivity contribution in [2.75, 3.05) is 19.6 Å². The summed E-state index contributed by atoms with van der Waals surface area (Å²) >= 11 is 0. The van der Waals surface area contributed by atoms with Gasteiger partial charge in [0, 0.05) is 50.2 Å². The average molecular weight is 314 g/mol. The zero-order valence-electron chi connectivity index (χ0n) is 13.7. The third-order valence-electron chi connectivity index (χ3n) is 5.69. The predicted molar refractivity (Wildman–Crippen MR) is 87.8 cm³/mol. The highest BCUT2D eigenvalue weighted by Crippen LogP contribution is 2.38. The summed E-state index contributed by atoms with van der Waals surface area (Å²) in [6.45, 7) is 3.18. The highest BCUT2D eigenvalue weighted by atomic mass is 16.2. The number of rotatable bonds is 4. The molecule has 4 rings (SSSR count). The van der Waals surface area contributed by atoms with Crippen molar-refractivity contribution in [3.63, 3.8) is 0 Å². The number of nitrogens with zero attached hydrogens (tertiary/aromatic N) is 4. The Labute approximate surface area is 138 Å². The molecule has 3 aliphatic rings. The van der Waals surface area contributed by atoms with Gasteiger partial charge in [-0.3, -0.25) is 19.7 Å². The fourth-order valence-corrected chi connectivity index (χ4v) is 4.38. The van der Waals surface area contributed by atoms with Crippen LogP contribution in [0.4, 0.5) is 0 Å². The second-order valence-electron chi connectivity index (χ2n) is 7.26. The number of piperidine rings is 2. The maximum absolute atomic E-state index is 12.5. The lowest BCUT2D eigenvalue weighted by atomic mass is 9.83. The SMILES string of the molecule is O=C(CCc1cnccn1)N1CC[C@H]2[C@H](CCCN2C2CC2)C1. The van der Waals surface area contributed by atoms with E-state index in [9.17, 15) is 4.79 Å². The van der Waals surface area contributed by atoms with Crippen LogP contribution in [0.25, 0.3) is 0 Å². The molecule has 0 N–H and O–H groups in total. The van der Waals surface area contributed by atoms with Crippen molar-refractivity contribution in [1.82, 2.24) is 19.8 Å². The van der Waals surface area contributed by atoms with Crippen LogP contribution >= 0.6 is 0 Å². The summed E-state index contributed by atoms with van der Waals surface area (Å²) in [7, 11) is 0. The van der Waals surface area contributed by atoms with Crippen LogP contribution in [0.5, 0.6) is 0 Å². The minimum atomic E-state index is 0.289. The largest absolute Gasteiger partial charge is 0.342 e. The molecule has 5 heteroatoms. The molecule has 0 unspecified atom stereocenters. The van der Waals surface area contributed by atoms with Gasteiger partial charge in [-0.15, -0.1) is 0 Å². The maximum atomic E-state index is 12.5. The van der Waals surface area contributed by atoms with Crippen molar-refractivity contribution in [3.05, 3.63) is 24.3 Å². The third-order valence-corrected chi connectivity index (χ3v) is 5.69. The van der Waals surface area contributed by atoms with E-state index in [1.54, 1.807) is 18.6 Å². The fraction of sp³-hybridized carbons (Fsp3) is 0.722. The summed E-state index contributed by atoms with van der Waals surface area (Å²) in [6, 6.07) is 1.60. The standard InChI is InChI=1S/C18H26N4O/c23-18(6-3-15-12-19-8-9-20-15)21-11-7-17-14(13-21)2-1-10-22(17)16-4-5-16/h8-9,12,14,16-17H,1-7,10-11,13H2/t14-,17+/m1/s1. The van der Waals surface area contributed by atoms with Crippen LogP contribution in [0.3, 0.4) is 0 Å². The molecule has 0 spiro atoms. The Balaban J connectivity index is 1.31. The van der Waals surface area contributed by atoms with Crippen molar-refractivity contribution >= 4 is 5.91 Å². The molecule has 0 radical (unpaired) electrons. The molecule has 2 saturated heterocycles. The molecule has 0 aromatic carbocycles. The first-order valence-electron chi connectivity index (χ1n) is 9.09. The van der Waals surface area contributed by atoms with Gasteiger partial charge in [-0.05, 0) is 51.0 Å². The van der Waals surface area contributed by atoms with Gasteiger partial charge in [0.05, 0.1) is 5.69 Å². The topological polar surface area (TPSA) is 49.3 Å². The first-order valence-corrected chi connectivity index (χ1v) is 9.09. The van der Waals surface area contributed by atoms with Gasteiger partial charge in [0.25, 0.3) is 0 Å². The second kappa shape index (κ2) is 6.56. The molecule has 1 aliphatic carbocycles. The van der Waals surface area contributed by atoms with Gasteiger partial charge >= 0.3 is 0 Å². The predicted octanol–water partition coefficient (Wildman–Crippen LogP) is 1.88. The molecule has 1 aromatic heterocycles. The molecule has 5 nitrogen and oxygen atoms in total. The van der Waals surface area contributed by atoms with Crippen LogP contribution in [0.2, 0.25) is 0 Å². The Kier molecular flexibility index (Phi) is 4.29. The van der Waals surface area contributed by atoms with Crippen LogP contribution in [0.1, 0.15) is 44.2 Å². The van der Waals surface area contributed by atoms with E-state index in [0.29, 0.717) is 18.8 Å². The molecular formula is C18H26N4O. The molecule has 2 aliphatic heterocycles. The minimum absolute atomic E-state index is 0.289. The van der Waals surface area contributed by atoms with Gasteiger partial charge in [0.2, 0.25) is 5.91 Å². The molecule has 1 aromatic rings. The lowest BCUT2D eigenvalue weighted by Gasteiger charge is -2.47. The number of carbonyl (C=O) groups is 1. The number of aryl methyl sites for hydroxylation is 1. The number of carbonyl (C=O) groups excluding carboxylic acids is 1. The highest BCUT2D eigenvalue weighted by molar-refractivity contribution is 5.76. The first-order chi connectivity index (χ1) is 11.3. The summed E-state index contributed by atoms with van der Waals surface area (Å²) in [5.41, 5.74) is 0.910. The summed E-state index contributed by atoms with van der Waals surface area (Å²) in [5.74, 6) is 0.983. The van der Waals surface area contributed by atoms with E-state index >= 15 is 0 Å². The second-order valence-corrected chi connectivity index (χ2v) is 7.26. The maximum Gasteiger partial charge on any atom is 0.222 e. The molecule has 2 atom stereocenters. The van der Waals surface area contributed by atoms with Crippen LogP contribution in [-0.4, -0.2) is 57.4 Å². The normalized spacial score (nSPS) is 28.4. The molecular weight excluding hydrogens is 288 g/mol. The van der Waals surface area contributed by atoms with Gasteiger partial charge in [-0.1, -0.05) is 0 Å². The number of likely N-dealkylation sites (tertiary alicyclic amines) is 2. The molecule has 0 bridgehead atoms. The number of hydrogen-bond donors (Lipinski definition) is 0. The Bertz CT molecular complexity index is 545. The lowest BCUT2D eigenvalue weighted by molar-refractivity contribution is -0.135. The Morgan fingerprint density at radius 1 is 1.17 bits per heavy atom. The van der Waals surface area contributed by atoms with E-state index in [-0.39, 0.29) is 5.91 Å². The van der Waals surface area contributed by atoms with Crippen LogP contribution in [-0.2, 0) is 11.2 Å². The highest BCUT2D eigenvalue weighted by Gasteiger charge is 2.42. The van der Waals surface area contributed by atoms with Crippen LogP contribution < -0.4 is 0 Å². The Hall–Kier alpha value is -1.49. The van der Waals surface area contributed by atoms with E-state index in [4.69, 9.17) is 0 Å². The van der Waals surface area contributed by atoms with Gasteiger partial charge in [-0.25, -0.2) is 0 Å². The number of aromatic nitrogens is 2. The van der Waals surface area contributed by atoms with Crippen molar-refractivity contribution in [1.29, 1.82) is 0 Å². The Morgan fingerprint density at radius 2 is 2.09 bits per heavy atom. The van der Waals surface area contributed by atoms with Gasteiger partial charge in [0.15, 0.2) is 0 Å². The van der Waals surface area contributed by atoms with Gasteiger partial charge < -0.3 is 4.90 Å². The number of hydrogen-bond acceptors (Lipinski definition) is 4. The van der Waals surface area contributed by atoms with Gasteiger partial charge in [-0.2, -0.15) is 0 Å². The molecule has 23 heavy (non-hydrogen) atoms. The molecule has 1 saturated carbocycles. The molecule has 3 heterocycles. The summed E-state index contributed by atoms with van der Waals surface area (Å²) in [6.07, 6.45) is 12.9. The number of fused-ring (bicyclic) bond motifs is 1. The van der Waals surface area contributed by atoms with E-state index in [2.05, 4.69) is 19.8 Å². The Morgan fingerprint density at radius 3 is 2.87 bits per heavy atom. The van der Waals surface area contributed by atoms with Crippen LogP contribution in [0, 0.1) is 5.92 Å². The van der Waals surface area contributed by atoms with E-state index in [0.717, 1.165) is 37.3 Å².